The number of rotatable bonds is 3. The lowest BCUT2D eigenvalue weighted by atomic mass is 10.2. The van der Waals surface area contributed by atoms with E-state index in [2.05, 4.69) is 0 Å². The minimum atomic E-state index is -1.06. The van der Waals surface area contributed by atoms with Crippen LogP contribution in [0.3, 0.4) is 0 Å². The highest BCUT2D eigenvalue weighted by Crippen LogP contribution is 2.03. The van der Waals surface area contributed by atoms with Crippen molar-refractivity contribution in [3.8, 4) is 6.07 Å². The molecule has 50 valence electrons. The molecule has 0 aliphatic heterocycles. The largest absolute Gasteiger partial charge is 0.480 e. The summed E-state index contributed by atoms with van der Waals surface area (Å²) in [6, 6.07) is 1.81. The summed E-state index contributed by atoms with van der Waals surface area (Å²) >= 11 is 5.24. The van der Waals surface area contributed by atoms with Gasteiger partial charge in [0.1, 0.15) is 5.38 Å². The van der Waals surface area contributed by atoms with Gasteiger partial charge in [0.25, 0.3) is 0 Å². The Morgan fingerprint density at radius 1 is 1.89 bits per heavy atom. The van der Waals surface area contributed by atoms with E-state index >= 15 is 0 Å². The fourth-order valence-electron chi connectivity index (χ4n) is 0.315. The van der Waals surface area contributed by atoms with Crippen molar-refractivity contribution in [2.75, 3.05) is 0 Å². The fraction of sp³-hybridized carbons (Fsp3) is 0.600. The number of hydrogen-bond donors (Lipinski definition) is 1. The second-order valence-electron chi connectivity index (χ2n) is 1.50. The van der Waals surface area contributed by atoms with Gasteiger partial charge in [-0.05, 0) is 6.42 Å². The Balaban J connectivity index is 3.41. The number of hydrogen-bond acceptors (Lipinski definition) is 2. The van der Waals surface area contributed by atoms with Gasteiger partial charge in [-0.15, -0.1) is 11.6 Å². The molecule has 0 heterocycles. The lowest BCUT2D eigenvalue weighted by molar-refractivity contribution is -0.136. The van der Waals surface area contributed by atoms with E-state index in [9.17, 15) is 4.79 Å². The van der Waals surface area contributed by atoms with Crippen LogP contribution < -0.4 is 0 Å². The molecule has 0 amide bonds. The van der Waals surface area contributed by atoms with Gasteiger partial charge in [0.15, 0.2) is 0 Å². The van der Waals surface area contributed by atoms with E-state index in [-0.39, 0.29) is 12.8 Å². The lowest BCUT2D eigenvalue weighted by Crippen LogP contribution is -2.12. The van der Waals surface area contributed by atoms with Crippen molar-refractivity contribution in [3.05, 3.63) is 0 Å². The van der Waals surface area contributed by atoms with Crippen LogP contribution in [0.1, 0.15) is 12.8 Å². The predicted octanol–water partition coefficient (Wildman–Crippen LogP) is 0.982. The third-order valence-corrected chi connectivity index (χ3v) is 1.18. The molecule has 4 heteroatoms. The van der Waals surface area contributed by atoms with E-state index in [0.717, 1.165) is 0 Å². The van der Waals surface area contributed by atoms with Gasteiger partial charge in [0.2, 0.25) is 0 Å². The molecule has 0 aliphatic carbocycles. The second-order valence-corrected chi connectivity index (χ2v) is 2.03. The second kappa shape index (κ2) is 4.16. The van der Waals surface area contributed by atoms with E-state index in [4.69, 9.17) is 22.0 Å². The monoisotopic (exact) mass is 147 g/mol. The molecule has 3 nitrogen and oxygen atoms in total. The molecule has 0 saturated carbocycles. The Hall–Kier alpha value is -0.750. The van der Waals surface area contributed by atoms with Gasteiger partial charge >= 0.3 is 5.97 Å². The maximum atomic E-state index is 9.96. The number of carboxylic acid groups (broad SMARTS) is 1. The topological polar surface area (TPSA) is 61.1 Å². The molecular weight excluding hydrogens is 142 g/mol. The Kier molecular flexibility index (Phi) is 3.81. The Morgan fingerprint density at radius 2 is 2.44 bits per heavy atom. The molecule has 0 aromatic heterocycles. The summed E-state index contributed by atoms with van der Waals surface area (Å²) in [6.45, 7) is 0. The van der Waals surface area contributed by atoms with Gasteiger partial charge in [-0.25, -0.2) is 0 Å². The number of carboxylic acids is 1. The molecule has 1 N–H and O–H groups in total. The summed E-state index contributed by atoms with van der Waals surface area (Å²) in [5.74, 6) is -1.06. The van der Waals surface area contributed by atoms with Gasteiger partial charge in [0.05, 0.1) is 6.07 Å². The fourth-order valence-corrected chi connectivity index (χ4v) is 0.424. The maximum absolute atomic E-state index is 9.96. The number of alkyl halides is 1. The zero-order chi connectivity index (χ0) is 7.28. The molecule has 0 fully saturated rings. The standard InChI is InChI=1S/C5H6ClNO2/c6-4(5(8)9)2-1-3-7/h4H,1-2H2,(H,8,9). The quantitative estimate of drug-likeness (QED) is 0.606. The Morgan fingerprint density at radius 3 is 2.78 bits per heavy atom. The van der Waals surface area contributed by atoms with Crippen LogP contribution in [0, 0.1) is 11.3 Å². The smallest absolute Gasteiger partial charge is 0.321 e. The SMILES string of the molecule is N#CCCC(Cl)C(=O)O. The molecule has 1 atom stereocenters. The third-order valence-electron chi connectivity index (χ3n) is 0.778. The van der Waals surface area contributed by atoms with Crippen LogP contribution in [0.25, 0.3) is 0 Å². The van der Waals surface area contributed by atoms with Crippen LogP contribution in [-0.2, 0) is 4.79 Å². The summed E-state index contributed by atoms with van der Waals surface area (Å²) in [7, 11) is 0. The van der Waals surface area contributed by atoms with Crippen molar-refractivity contribution >= 4 is 17.6 Å². The number of carbonyl (C=O) groups is 1. The van der Waals surface area contributed by atoms with Gasteiger partial charge in [0, 0.05) is 6.42 Å². The van der Waals surface area contributed by atoms with Gasteiger partial charge in [-0.3, -0.25) is 4.79 Å². The van der Waals surface area contributed by atoms with Crippen LogP contribution in [0.15, 0.2) is 0 Å². The summed E-state index contributed by atoms with van der Waals surface area (Å²) in [6.07, 6.45) is 0.411. The molecule has 0 bridgehead atoms. The van der Waals surface area contributed by atoms with Crippen LogP contribution >= 0.6 is 11.6 Å². The van der Waals surface area contributed by atoms with Gasteiger partial charge in [-0.1, -0.05) is 0 Å². The first kappa shape index (κ1) is 8.25. The van der Waals surface area contributed by atoms with Gasteiger partial charge < -0.3 is 5.11 Å². The summed E-state index contributed by atoms with van der Waals surface area (Å²) in [5.41, 5.74) is 0. The molecule has 0 radical (unpaired) electrons. The Bertz CT molecular complexity index is 140. The normalized spacial score (nSPS) is 12.0. The summed E-state index contributed by atoms with van der Waals surface area (Å²) in [5, 5.41) is 15.3. The van der Waals surface area contributed by atoms with Gasteiger partial charge in [-0.2, -0.15) is 5.26 Å². The zero-order valence-corrected chi connectivity index (χ0v) is 5.43. The molecule has 0 saturated heterocycles. The molecular formula is C5H6ClNO2. The van der Waals surface area contributed by atoms with Crippen molar-refractivity contribution in [3.63, 3.8) is 0 Å². The van der Waals surface area contributed by atoms with Crippen molar-refractivity contribution in [1.29, 1.82) is 5.26 Å². The van der Waals surface area contributed by atoms with Crippen LogP contribution in [-0.4, -0.2) is 16.5 Å². The lowest BCUT2D eigenvalue weighted by Gasteiger charge is -1.96. The highest BCUT2D eigenvalue weighted by molar-refractivity contribution is 6.29. The Labute approximate surface area is 57.9 Å². The number of halogens is 1. The first-order valence-corrected chi connectivity index (χ1v) is 2.86. The minimum absolute atomic E-state index is 0.195. The first-order valence-electron chi connectivity index (χ1n) is 2.42. The highest BCUT2D eigenvalue weighted by Gasteiger charge is 2.11. The highest BCUT2D eigenvalue weighted by atomic mass is 35.5. The zero-order valence-electron chi connectivity index (χ0n) is 4.67. The maximum Gasteiger partial charge on any atom is 0.321 e. The van der Waals surface area contributed by atoms with E-state index < -0.39 is 11.3 Å². The van der Waals surface area contributed by atoms with E-state index in [1.807, 2.05) is 0 Å². The van der Waals surface area contributed by atoms with Crippen molar-refractivity contribution in [1.82, 2.24) is 0 Å². The number of nitrogens with zero attached hydrogens (tertiary/aromatic N) is 1. The van der Waals surface area contributed by atoms with Crippen molar-refractivity contribution < 1.29 is 9.90 Å². The van der Waals surface area contributed by atoms with Crippen LogP contribution in [0.4, 0.5) is 0 Å². The molecule has 0 rings (SSSR count). The molecule has 9 heavy (non-hydrogen) atoms. The molecule has 0 aromatic rings. The molecule has 0 aromatic carbocycles. The average Bonchev–Trinajstić information content (AvgIpc) is 1.82. The number of aliphatic carboxylic acids is 1. The van der Waals surface area contributed by atoms with Crippen LogP contribution in [0.5, 0.6) is 0 Å². The van der Waals surface area contributed by atoms with Crippen molar-refractivity contribution in [2.45, 2.75) is 18.2 Å². The molecule has 1 unspecified atom stereocenters. The molecule has 0 aliphatic rings. The first-order chi connectivity index (χ1) is 4.18. The van der Waals surface area contributed by atoms with E-state index in [1.54, 1.807) is 6.07 Å². The van der Waals surface area contributed by atoms with Crippen LogP contribution in [0.2, 0.25) is 0 Å². The third kappa shape index (κ3) is 3.80. The number of nitriles is 1. The summed E-state index contributed by atoms with van der Waals surface area (Å²) in [4.78, 5) is 9.96. The predicted molar refractivity (Wildman–Crippen MR) is 32.1 cm³/mol. The van der Waals surface area contributed by atoms with E-state index in [1.165, 1.54) is 0 Å². The minimum Gasteiger partial charge on any atom is -0.480 e. The average molecular weight is 148 g/mol. The molecule has 0 spiro atoms. The summed E-state index contributed by atoms with van der Waals surface area (Å²) < 4.78 is 0. The van der Waals surface area contributed by atoms with E-state index in [0.29, 0.717) is 0 Å². The van der Waals surface area contributed by atoms with Crippen molar-refractivity contribution in [2.24, 2.45) is 0 Å².